The smallest absolute Gasteiger partial charge is 0.189 e. The fourth-order valence-electron chi connectivity index (χ4n) is 2.06. The summed E-state index contributed by atoms with van der Waals surface area (Å²) in [5, 5.41) is 1.66. The molecule has 3 aromatic rings. The van der Waals surface area contributed by atoms with Gasteiger partial charge in [0.15, 0.2) is 11.4 Å². The minimum absolute atomic E-state index is 0.690. The lowest BCUT2D eigenvalue weighted by molar-refractivity contribution is 0.112. The van der Waals surface area contributed by atoms with E-state index in [1.54, 1.807) is 6.20 Å². The molecule has 2 aromatic heterocycles. The van der Waals surface area contributed by atoms with Crippen molar-refractivity contribution < 1.29 is 4.79 Å². The lowest BCUT2D eigenvalue weighted by atomic mass is 10.1. The number of hydrogen-bond donors (Lipinski definition) is 0. The molecule has 1 aromatic carbocycles. The normalized spacial score (nSPS) is 10.8. The molecule has 0 saturated carbocycles. The summed E-state index contributed by atoms with van der Waals surface area (Å²) in [4.78, 5) is 19.7. The molecule has 0 N–H and O–H groups in total. The quantitative estimate of drug-likeness (QED) is 0.416. The molecule has 0 bridgehead atoms. The van der Waals surface area contributed by atoms with E-state index in [1.165, 1.54) is 11.8 Å². The summed E-state index contributed by atoms with van der Waals surface area (Å²) in [6, 6.07) is 9.45. The first kappa shape index (κ1) is 11.9. The maximum Gasteiger partial charge on any atom is 0.189 e. The first-order chi connectivity index (χ1) is 9.33. The standard InChI is InChI=1S/C14H11N3OS/c1-19-14-15-7-5-13(16-14)17-8-6-11-10(9-18)3-2-4-12(11)17/h2-9H,1H3. The predicted molar refractivity (Wildman–Crippen MR) is 76.0 cm³/mol. The number of benzene rings is 1. The molecule has 0 aliphatic heterocycles. The Labute approximate surface area is 114 Å². The summed E-state index contributed by atoms with van der Waals surface area (Å²) in [7, 11) is 0. The van der Waals surface area contributed by atoms with Crippen LogP contribution in [0.3, 0.4) is 0 Å². The molecule has 0 spiro atoms. The van der Waals surface area contributed by atoms with Crippen LogP contribution in [0.25, 0.3) is 16.7 Å². The highest BCUT2D eigenvalue weighted by atomic mass is 32.2. The predicted octanol–water partition coefficient (Wildman–Crippen LogP) is 2.95. The van der Waals surface area contributed by atoms with Gasteiger partial charge in [0.25, 0.3) is 0 Å². The van der Waals surface area contributed by atoms with Gasteiger partial charge in [0.05, 0.1) is 5.52 Å². The summed E-state index contributed by atoms with van der Waals surface area (Å²) >= 11 is 1.50. The number of thioether (sulfide) groups is 1. The Balaban J connectivity index is 2.22. The highest BCUT2D eigenvalue weighted by Crippen LogP contribution is 2.22. The highest BCUT2D eigenvalue weighted by Gasteiger charge is 2.07. The molecule has 4 nitrogen and oxygen atoms in total. The number of carbonyl (C=O) groups is 1. The summed E-state index contributed by atoms with van der Waals surface area (Å²) in [6.45, 7) is 0. The fourth-order valence-corrected chi connectivity index (χ4v) is 2.41. The molecule has 0 saturated heterocycles. The zero-order chi connectivity index (χ0) is 13.2. The average molecular weight is 269 g/mol. The highest BCUT2D eigenvalue weighted by molar-refractivity contribution is 7.98. The number of aldehydes is 1. The summed E-state index contributed by atoms with van der Waals surface area (Å²) in [5.41, 5.74) is 1.66. The van der Waals surface area contributed by atoms with Crippen LogP contribution in [0, 0.1) is 0 Å². The van der Waals surface area contributed by atoms with Gasteiger partial charge < -0.3 is 4.57 Å². The minimum atomic E-state index is 0.690. The van der Waals surface area contributed by atoms with Crippen LogP contribution in [-0.2, 0) is 0 Å². The summed E-state index contributed by atoms with van der Waals surface area (Å²) < 4.78 is 1.96. The van der Waals surface area contributed by atoms with Crippen molar-refractivity contribution in [3.63, 3.8) is 0 Å². The molecular weight excluding hydrogens is 258 g/mol. The van der Waals surface area contributed by atoms with Gasteiger partial charge in [0.1, 0.15) is 5.82 Å². The van der Waals surface area contributed by atoms with Crippen molar-refractivity contribution in [3.05, 3.63) is 48.3 Å². The lowest BCUT2D eigenvalue weighted by Gasteiger charge is -2.05. The van der Waals surface area contributed by atoms with Crippen LogP contribution >= 0.6 is 11.8 Å². The maximum atomic E-state index is 11.0. The third kappa shape index (κ3) is 2.02. The minimum Gasteiger partial charge on any atom is -0.301 e. The molecule has 0 fully saturated rings. The Bertz CT molecular complexity index is 751. The third-order valence-electron chi connectivity index (χ3n) is 2.94. The van der Waals surface area contributed by atoms with Crippen LogP contribution in [0.5, 0.6) is 0 Å². The Morgan fingerprint density at radius 3 is 2.95 bits per heavy atom. The van der Waals surface area contributed by atoms with Crippen molar-refractivity contribution >= 4 is 29.0 Å². The van der Waals surface area contributed by atoms with Gasteiger partial charge in [-0.25, -0.2) is 9.97 Å². The second-order valence-corrected chi connectivity index (χ2v) is 4.76. The van der Waals surface area contributed by atoms with E-state index in [9.17, 15) is 4.79 Å². The van der Waals surface area contributed by atoms with E-state index in [2.05, 4.69) is 9.97 Å². The maximum absolute atomic E-state index is 11.0. The SMILES string of the molecule is CSc1nccc(-n2ccc3c(C=O)cccc32)n1. The van der Waals surface area contributed by atoms with Crippen LogP contribution in [0.1, 0.15) is 10.4 Å². The van der Waals surface area contributed by atoms with Gasteiger partial charge in [-0.05, 0) is 24.5 Å². The molecule has 19 heavy (non-hydrogen) atoms. The van der Waals surface area contributed by atoms with E-state index in [4.69, 9.17) is 0 Å². The largest absolute Gasteiger partial charge is 0.301 e. The molecule has 3 rings (SSSR count). The van der Waals surface area contributed by atoms with E-state index in [-0.39, 0.29) is 0 Å². The summed E-state index contributed by atoms with van der Waals surface area (Å²) in [5.74, 6) is 0.803. The molecule has 0 atom stereocenters. The van der Waals surface area contributed by atoms with Crippen molar-refractivity contribution in [1.29, 1.82) is 0 Å². The molecule has 0 aliphatic rings. The van der Waals surface area contributed by atoms with Crippen LogP contribution in [0.15, 0.2) is 47.9 Å². The van der Waals surface area contributed by atoms with Gasteiger partial charge in [0.2, 0.25) is 0 Å². The van der Waals surface area contributed by atoms with Crippen LogP contribution < -0.4 is 0 Å². The monoisotopic (exact) mass is 269 g/mol. The van der Waals surface area contributed by atoms with E-state index in [1.807, 2.05) is 47.4 Å². The number of hydrogen-bond acceptors (Lipinski definition) is 4. The molecule has 0 aliphatic carbocycles. The van der Waals surface area contributed by atoms with Gasteiger partial charge >= 0.3 is 0 Å². The van der Waals surface area contributed by atoms with Gasteiger partial charge in [0, 0.05) is 23.3 Å². The molecule has 5 heteroatoms. The van der Waals surface area contributed by atoms with E-state index < -0.39 is 0 Å². The molecule has 0 amide bonds. The lowest BCUT2D eigenvalue weighted by Crippen LogP contribution is -1.98. The van der Waals surface area contributed by atoms with Crippen molar-refractivity contribution in [3.8, 4) is 5.82 Å². The number of fused-ring (bicyclic) bond motifs is 1. The number of rotatable bonds is 3. The molecular formula is C14H11N3OS. The zero-order valence-corrected chi connectivity index (χ0v) is 11.1. The van der Waals surface area contributed by atoms with Gasteiger partial charge in [-0.1, -0.05) is 23.9 Å². The Morgan fingerprint density at radius 1 is 1.26 bits per heavy atom. The molecule has 2 heterocycles. The second-order valence-electron chi connectivity index (χ2n) is 3.99. The van der Waals surface area contributed by atoms with Gasteiger partial charge in [-0.3, -0.25) is 4.79 Å². The van der Waals surface area contributed by atoms with Crippen molar-refractivity contribution in [2.75, 3.05) is 6.26 Å². The number of carbonyl (C=O) groups excluding carboxylic acids is 1. The molecule has 94 valence electrons. The van der Waals surface area contributed by atoms with Crippen LogP contribution in [0.2, 0.25) is 0 Å². The topological polar surface area (TPSA) is 47.8 Å². The molecule has 0 unspecified atom stereocenters. The number of nitrogens with zero attached hydrogens (tertiary/aromatic N) is 3. The molecule has 0 radical (unpaired) electrons. The first-order valence-electron chi connectivity index (χ1n) is 5.76. The van der Waals surface area contributed by atoms with Crippen LogP contribution in [0.4, 0.5) is 0 Å². The van der Waals surface area contributed by atoms with Crippen molar-refractivity contribution in [2.24, 2.45) is 0 Å². The Kier molecular flexibility index (Phi) is 3.05. The number of aromatic nitrogens is 3. The first-order valence-corrected chi connectivity index (χ1v) is 6.98. The Hall–Kier alpha value is -2.14. The fraction of sp³-hybridized carbons (Fsp3) is 0.0714. The average Bonchev–Trinajstić information content (AvgIpc) is 2.91. The van der Waals surface area contributed by atoms with E-state index >= 15 is 0 Å². The van der Waals surface area contributed by atoms with Gasteiger partial charge in [-0.2, -0.15) is 0 Å². The van der Waals surface area contributed by atoms with Crippen LogP contribution in [-0.4, -0.2) is 27.1 Å². The third-order valence-corrected chi connectivity index (χ3v) is 3.50. The van der Waals surface area contributed by atoms with Crippen molar-refractivity contribution in [1.82, 2.24) is 14.5 Å². The van der Waals surface area contributed by atoms with Gasteiger partial charge in [-0.15, -0.1) is 0 Å². The van der Waals surface area contributed by atoms with E-state index in [0.29, 0.717) is 5.56 Å². The second kappa shape index (κ2) is 4.85. The summed E-state index contributed by atoms with van der Waals surface area (Å²) in [6.07, 6.45) is 6.48. The zero-order valence-electron chi connectivity index (χ0n) is 10.3. The van der Waals surface area contributed by atoms with E-state index in [0.717, 1.165) is 28.2 Å². The Morgan fingerprint density at radius 2 is 2.16 bits per heavy atom. The van der Waals surface area contributed by atoms with Crippen molar-refractivity contribution in [2.45, 2.75) is 5.16 Å².